The summed E-state index contributed by atoms with van der Waals surface area (Å²) in [6, 6.07) is -2.92. The van der Waals surface area contributed by atoms with E-state index in [0.717, 1.165) is 18.2 Å². The molecule has 0 aromatic carbocycles. The minimum atomic E-state index is -1.49. The molecule has 3 N–H and O–H groups in total. The van der Waals surface area contributed by atoms with Crippen molar-refractivity contribution in [1.29, 1.82) is 0 Å². The standard InChI is InChI=1S/C11H11N3O7/c15-5-13-6(10(18)19)3-12-4-7(11(20)21)14-8(16)1-2-9(14)17/h1-2,6-7,12H,3-4H2,(H,18,19)(H,20,21). The molecule has 10 heteroatoms. The van der Waals surface area contributed by atoms with Gasteiger partial charge in [0.15, 0.2) is 6.04 Å². The van der Waals surface area contributed by atoms with E-state index in [4.69, 9.17) is 10.2 Å². The van der Waals surface area contributed by atoms with Gasteiger partial charge in [0.05, 0.1) is 0 Å². The van der Waals surface area contributed by atoms with Crippen molar-refractivity contribution in [3.8, 4) is 0 Å². The molecule has 2 amide bonds. The predicted octanol–water partition coefficient (Wildman–Crippen LogP) is -2.26. The van der Waals surface area contributed by atoms with E-state index < -0.39 is 35.8 Å². The zero-order valence-electron chi connectivity index (χ0n) is 10.6. The van der Waals surface area contributed by atoms with Crippen molar-refractivity contribution < 1.29 is 34.2 Å². The van der Waals surface area contributed by atoms with Gasteiger partial charge in [-0.1, -0.05) is 0 Å². The van der Waals surface area contributed by atoms with Crippen molar-refractivity contribution in [3.05, 3.63) is 12.2 Å². The van der Waals surface area contributed by atoms with Gasteiger partial charge in [0.1, 0.15) is 6.04 Å². The Kier molecular flexibility index (Phi) is 5.47. The normalized spacial score (nSPS) is 16.5. The Morgan fingerprint density at radius 2 is 1.76 bits per heavy atom. The molecular formula is C11H11N3O7. The number of imide groups is 1. The molecule has 2 atom stereocenters. The van der Waals surface area contributed by atoms with E-state index in [1.165, 1.54) is 0 Å². The van der Waals surface area contributed by atoms with Gasteiger partial charge in [-0.2, -0.15) is 4.99 Å². The molecule has 0 spiro atoms. The molecular weight excluding hydrogens is 286 g/mol. The minimum Gasteiger partial charge on any atom is -0.480 e. The Morgan fingerprint density at radius 3 is 2.19 bits per heavy atom. The van der Waals surface area contributed by atoms with Gasteiger partial charge in [-0.15, -0.1) is 0 Å². The number of rotatable bonds is 8. The lowest BCUT2D eigenvalue weighted by atomic mass is 10.2. The van der Waals surface area contributed by atoms with Crippen molar-refractivity contribution in [2.75, 3.05) is 13.1 Å². The highest BCUT2D eigenvalue weighted by atomic mass is 16.4. The number of amides is 2. The molecule has 1 aliphatic rings. The van der Waals surface area contributed by atoms with Crippen LogP contribution in [0.4, 0.5) is 0 Å². The molecule has 0 radical (unpaired) electrons. The number of carboxylic acid groups (broad SMARTS) is 2. The number of hydrogen-bond acceptors (Lipinski definition) is 7. The highest BCUT2D eigenvalue weighted by molar-refractivity contribution is 6.14. The first-order valence-corrected chi connectivity index (χ1v) is 5.67. The first-order chi connectivity index (χ1) is 9.88. The van der Waals surface area contributed by atoms with E-state index in [0.29, 0.717) is 4.90 Å². The van der Waals surface area contributed by atoms with Crippen molar-refractivity contribution in [2.45, 2.75) is 12.1 Å². The lowest BCUT2D eigenvalue weighted by Crippen LogP contribution is -2.51. The summed E-state index contributed by atoms with van der Waals surface area (Å²) in [6.07, 6.45) is 2.97. The van der Waals surface area contributed by atoms with Crippen LogP contribution in [-0.4, -0.2) is 70.1 Å². The molecule has 1 rings (SSSR count). The van der Waals surface area contributed by atoms with E-state index in [2.05, 4.69) is 10.3 Å². The van der Waals surface area contributed by atoms with Crippen LogP contribution in [0.1, 0.15) is 0 Å². The molecule has 0 aromatic rings. The van der Waals surface area contributed by atoms with Crippen LogP contribution in [0.2, 0.25) is 0 Å². The van der Waals surface area contributed by atoms with Gasteiger partial charge >= 0.3 is 11.9 Å². The van der Waals surface area contributed by atoms with E-state index in [9.17, 15) is 24.0 Å². The maximum absolute atomic E-state index is 11.4. The number of carboxylic acids is 2. The van der Waals surface area contributed by atoms with Crippen LogP contribution in [0, 0.1) is 0 Å². The molecule has 112 valence electrons. The minimum absolute atomic E-state index is 0.349. The molecule has 21 heavy (non-hydrogen) atoms. The first kappa shape index (κ1) is 16.2. The van der Waals surface area contributed by atoms with Gasteiger partial charge in [0.2, 0.25) is 6.08 Å². The fraction of sp³-hybridized carbons (Fsp3) is 0.364. The Balaban J connectivity index is 2.67. The monoisotopic (exact) mass is 297 g/mol. The van der Waals surface area contributed by atoms with Gasteiger partial charge in [-0.25, -0.2) is 14.4 Å². The number of carbonyl (C=O) groups is 4. The summed E-state index contributed by atoms with van der Waals surface area (Å²) in [5, 5.41) is 20.2. The number of aliphatic carboxylic acids is 2. The lowest BCUT2D eigenvalue weighted by molar-refractivity contribution is -0.153. The van der Waals surface area contributed by atoms with Gasteiger partial charge < -0.3 is 15.5 Å². The van der Waals surface area contributed by atoms with Crippen molar-refractivity contribution in [1.82, 2.24) is 10.2 Å². The fourth-order valence-electron chi connectivity index (χ4n) is 1.62. The second-order valence-electron chi connectivity index (χ2n) is 3.97. The zero-order chi connectivity index (χ0) is 16.0. The number of hydrogen-bond donors (Lipinski definition) is 3. The van der Waals surface area contributed by atoms with Gasteiger partial charge in [-0.05, 0) is 0 Å². The Bertz CT molecular complexity index is 530. The van der Waals surface area contributed by atoms with Crippen LogP contribution in [-0.2, 0) is 24.0 Å². The predicted molar refractivity (Wildman–Crippen MR) is 64.8 cm³/mol. The smallest absolute Gasteiger partial charge is 0.330 e. The maximum Gasteiger partial charge on any atom is 0.330 e. The molecule has 0 saturated carbocycles. The molecule has 0 bridgehead atoms. The van der Waals surface area contributed by atoms with E-state index in [1.807, 2.05) is 0 Å². The topological polar surface area (TPSA) is 153 Å². The summed E-state index contributed by atoms with van der Waals surface area (Å²) >= 11 is 0. The summed E-state index contributed by atoms with van der Waals surface area (Å²) in [4.78, 5) is 58.2. The summed E-state index contributed by atoms with van der Waals surface area (Å²) in [7, 11) is 0. The quantitative estimate of drug-likeness (QED) is 0.258. The van der Waals surface area contributed by atoms with Crippen LogP contribution in [0.15, 0.2) is 17.1 Å². The molecule has 1 aliphatic heterocycles. The average Bonchev–Trinajstić information content (AvgIpc) is 2.73. The maximum atomic E-state index is 11.4. The van der Waals surface area contributed by atoms with Gasteiger partial charge in [0.25, 0.3) is 11.8 Å². The SMILES string of the molecule is O=C=NC(CNCC(C(=O)O)N1C(=O)C=CC1=O)C(=O)O. The lowest BCUT2D eigenvalue weighted by Gasteiger charge is -2.22. The van der Waals surface area contributed by atoms with Crippen LogP contribution >= 0.6 is 0 Å². The highest BCUT2D eigenvalue weighted by Gasteiger charge is 2.35. The Hall–Kier alpha value is -2.84. The molecule has 0 saturated heterocycles. The molecule has 0 aliphatic carbocycles. The number of isocyanates is 1. The van der Waals surface area contributed by atoms with Crippen LogP contribution < -0.4 is 5.32 Å². The highest BCUT2D eigenvalue weighted by Crippen LogP contribution is 2.09. The van der Waals surface area contributed by atoms with Crippen LogP contribution in [0.3, 0.4) is 0 Å². The van der Waals surface area contributed by atoms with Gasteiger partial charge in [0, 0.05) is 25.2 Å². The Morgan fingerprint density at radius 1 is 1.19 bits per heavy atom. The molecule has 2 unspecified atom stereocenters. The number of nitrogens with one attached hydrogen (secondary N) is 1. The molecule has 1 heterocycles. The third-order valence-corrected chi connectivity index (χ3v) is 2.61. The largest absolute Gasteiger partial charge is 0.480 e. The van der Waals surface area contributed by atoms with Crippen LogP contribution in [0.25, 0.3) is 0 Å². The van der Waals surface area contributed by atoms with E-state index >= 15 is 0 Å². The van der Waals surface area contributed by atoms with Crippen molar-refractivity contribution in [3.63, 3.8) is 0 Å². The summed E-state index contributed by atoms with van der Waals surface area (Å²) in [5.41, 5.74) is 0. The summed E-state index contributed by atoms with van der Waals surface area (Å²) in [5.74, 6) is -4.36. The molecule has 10 nitrogen and oxygen atoms in total. The van der Waals surface area contributed by atoms with E-state index in [-0.39, 0.29) is 13.1 Å². The Labute approximate surface area is 117 Å². The third kappa shape index (κ3) is 4.06. The number of carbonyl (C=O) groups excluding carboxylic acids is 3. The van der Waals surface area contributed by atoms with Crippen molar-refractivity contribution in [2.24, 2.45) is 4.99 Å². The van der Waals surface area contributed by atoms with Crippen LogP contribution in [0.5, 0.6) is 0 Å². The second-order valence-corrected chi connectivity index (χ2v) is 3.97. The molecule has 0 aromatic heterocycles. The second kappa shape index (κ2) is 7.08. The third-order valence-electron chi connectivity index (χ3n) is 2.61. The summed E-state index contributed by atoms with van der Waals surface area (Å²) in [6.45, 7) is -0.731. The number of aliphatic imine (C=N–C) groups is 1. The summed E-state index contributed by atoms with van der Waals surface area (Å²) < 4.78 is 0. The zero-order valence-corrected chi connectivity index (χ0v) is 10.6. The fourth-order valence-corrected chi connectivity index (χ4v) is 1.62. The van der Waals surface area contributed by atoms with E-state index in [1.54, 1.807) is 0 Å². The first-order valence-electron chi connectivity index (χ1n) is 5.67. The van der Waals surface area contributed by atoms with Crippen molar-refractivity contribution >= 4 is 29.8 Å². The van der Waals surface area contributed by atoms with Gasteiger partial charge in [-0.3, -0.25) is 14.5 Å². The number of nitrogens with zero attached hydrogens (tertiary/aromatic N) is 2. The average molecular weight is 297 g/mol. The molecule has 0 fully saturated rings.